The standard InChI is InChI=1S/C69H58N6O8S2/c76-56-41-42-74(43-56)67(80)81-44-49-45-84-64-59(63(78)75(64)60(49)65(79)82-61(47-25-9-1-10-26-47)48-27-11-2-12-28-48)71-62(77)58(73-83-69(53-35-19-6-20-36-53,54-37-21-7-22-38-54)55-39-23-8-24-40-55)57-46-85-66(70-57)72-68(50-29-13-3-14-30-50,51-31-15-4-16-32-51)52-33-17-5-18-34-52/h1-40,46,56,59,61,64,76H,41-45H2,(H,70,72)(H,71,77)/b73-58-. The lowest BCUT2D eigenvalue weighted by Crippen LogP contribution is -2.71. The number of thioether (sulfide) groups is 1. The van der Waals surface area contributed by atoms with Gasteiger partial charge in [-0.3, -0.25) is 14.5 Å². The molecule has 3 atom stereocenters. The second-order valence-corrected chi connectivity index (χ2v) is 22.6. The maximum atomic E-state index is 15.6. The number of thiazole rings is 1. The van der Waals surface area contributed by atoms with Crippen molar-refractivity contribution in [1.29, 1.82) is 0 Å². The number of aliphatic hydroxyl groups excluding tert-OH is 1. The van der Waals surface area contributed by atoms with E-state index in [2.05, 4.69) is 47.0 Å². The van der Waals surface area contributed by atoms with Crippen LogP contribution in [0.5, 0.6) is 0 Å². The molecule has 16 heteroatoms. The van der Waals surface area contributed by atoms with Gasteiger partial charge in [0.15, 0.2) is 16.9 Å². The molecule has 0 radical (unpaired) electrons. The van der Waals surface area contributed by atoms with E-state index in [-0.39, 0.29) is 36.0 Å². The fourth-order valence-electron chi connectivity index (χ4n) is 11.3. The second kappa shape index (κ2) is 25.1. The Labute approximate surface area is 500 Å². The van der Waals surface area contributed by atoms with Crippen LogP contribution in [0.4, 0.5) is 9.93 Å². The van der Waals surface area contributed by atoms with E-state index in [0.717, 1.165) is 33.4 Å². The van der Waals surface area contributed by atoms with E-state index in [1.54, 1.807) is 5.38 Å². The molecule has 0 aliphatic carbocycles. The van der Waals surface area contributed by atoms with E-state index in [4.69, 9.17) is 24.5 Å². The van der Waals surface area contributed by atoms with Crippen LogP contribution in [0.1, 0.15) is 62.7 Å². The van der Waals surface area contributed by atoms with Crippen LogP contribution >= 0.6 is 23.1 Å². The molecule has 0 bridgehead atoms. The van der Waals surface area contributed by atoms with Gasteiger partial charge in [0.05, 0.1) is 6.10 Å². The van der Waals surface area contributed by atoms with Gasteiger partial charge in [0.25, 0.3) is 11.8 Å². The zero-order valence-corrected chi connectivity index (χ0v) is 47.6. The zero-order chi connectivity index (χ0) is 58.2. The van der Waals surface area contributed by atoms with E-state index >= 15 is 9.59 Å². The lowest BCUT2D eigenvalue weighted by Gasteiger charge is -2.49. The molecule has 3 amide bonds. The molecule has 1 aromatic heterocycles. The van der Waals surface area contributed by atoms with Gasteiger partial charge in [0.1, 0.15) is 35.0 Å². The van der Waals surface area contributed by atoms with Crippen molar-refractivity contribution in [2.75, 3.05) is 30.8 Å². The summed E-state index contributed by atoms with van der Waals surface area (Å²) in [5.74, 6) is -2.06. The Morgan fingerprint density at radius 1 is 0.647 bits per heavy atom. The third-order valence-corrected chi connectivity index (χ3v) is 17.5. The molecule has 3 N–H and O–H groups in total. The zero-order valence-electron chi connectivity index (χ0n) is 45.9. The Morgan fingerprint density at radius 3 is 1.56 bits per heavy atom. The number of nitrogens with one attached hydrogen (secondary N) is 2. The number of hydrogen-bond donors (Lipinski definition) is 3. The van der Waals surface area contributed by atoms with Crippen molar-refractivity contribution in [3.63, 3.8) is 0 Å². The minimum atomic E-state index is -1.41. The first-order chi connectivity index (χ1) is 41.7. The highest BCUT2D eigenvalue weighted by molar-refractivity contribution is 8.00. The number of esters is 1. The molecule has 3 unspecified atom stereocenters. The Bertz CT molecular complexity index is 3610. The van der Waals surface area contributed by atoms with Gasteiger partial charge >= 0.3 is 12.1 Å². The number of ether oxygens (including phenoxy) is 2. The second-order valence-electron chi connectivity index (χ2n) is 20.7. The van der Waals surface area contributed by atoms with E-state index in [0.29, 0.717) is 34.8 Å². The molecule has 4 heterocycles. The normalized spacial score (nSPS) is 16.9. The average Bonchev–Trinajstić information content (AvgIpc) is 1.48. The van der Waals surface area contributed by atoms with Gasteiger partial charge in [-0.2, -0.15) is 0 Å². The SMILES string of the molecule is O=C(OC(c1ccccc1)c1ccccc1)C1=C(COC(=O)N2CCC(O)C2)CSC2C(NC(=O)/C(=N\OC(c3ccccc3)(c3ccccc3)c3ccccc3)c3csc(NC(c4ccccc4)(c4ccccc4)c4ccccc4)n3)C(=O)N12. The number of likely N-dealkylation sites (tertiary alicyclic amines) is 1. The Hall–Kier alpha value is -9.61. The lowest BCUT2D eigenvalue weighted by molar-refractivity contribution is -0.154. The molecular weight excluding hydrogens is 1100 g/mol. The van der Waals surface area contributed by atoms with Crippen molar-refractivity contribution >= 4 is 57.8 Å². The number of aliphatic hydroxyl groups is 1. The van der Waals surface area contributed by atoms with Crippen LogP contribution in [-0.2, 0) is 39.8 Å². The van der Waals surface area contributed by atoms with Crippen molar-refractivity contribution < 1.29 is 38.6 Å². The quantitative estimate of drug-likeness (QED) is 0.0231. The van der Waals surface area contributed by atoms with E-state index < -0.39 is 58.6 Å². The number of hydrogen-bond acceptors (Lipinski definition) is 13. The average molecular weight is 1160 g/mol. The predicted octanol–water partition coefficient (Wildman–Crippen LogP) is 11.4. The van der Waals surface area contributed by atoms with Gasteiger partial charge in [-0.1, -0.05) is 248 Å². The summed E-state index contributed by atoms with van der Waals surface area (Å²) in [6, 6.07) is 76.6. The highest BCUT2D eigenvalue weighted by atomic mass is 32.2. The Kier molecular flexibility index (Phi) is 16.5. The van der Waals surface area contributed by atoms with Gasteiger partial charge in [-0.15, -0.1) is 23.1 Å². The van der Waals surface area contributed by atoms with Crippen molar-refractivity contribution in [3.8, 4) is 0 Å². The summed E-state index contributed by atoms with van der Waals surface area (Å²) >= 11 is 2.58. The van der Waals surface area contributed by atoms with E-state index in [9.17, 15) is 14.7 Å². The summed E-state index contributed by atoms with van der Waals surface area (Å²) in [5, 5.41) is 23.3. The maximum absolute atomic E-state index is 15.6. The number of β-lactam (4-membered cyclic amide) rings is 1. The van der Waals surface area contributed by atoms with Crippen molar-refractivity contribution in [2.45, 2.75) is 41.2 Å². The van der Waals surface area contributed by atoms with Crippen LogP contribution in [0, 0.1) is 0 Å². The molecule has 0 saturated carbocycles. The predicted molar refractivity (Wildman–Crippen MR) is 328 cm³/mol. The number of β-amino-alcohol motifs (C(OH)–C–C–N with tert-alkyl or cyclic N) is 1. The lowest BCUT2D eigenvalue weighted by atomic mass is 9.77. The molecule has 3 aliphatic rings. The molecule has 12 rings (SSSR count). The molecular formula is C69H58N6O8S2. The first kappa shape index (κ1) is 55.9. The first-order valence-electron chi connectivity index (χ1n) is 27.9. The first-order valence-corrected chi connectivity index (χ1v) is 29.9. The minimum absolute atomic E-state index is 0.0880. The van der Waals surface area contributed by atoms with Gasteiger partial charge in [-0.25, -0.2) is 14.6 Å². The fourth-order valence-corrected chi connectivity index (χ4v) is 13.3. The fraction of sp³-hybridized carbons (Fsp3) is 0.159. The molecule has 14 nitrogen and oxygen atoms in total. The minimum Gasteiger partial charge on any atom is -0.448 e. The number of aromatic nitrogens is 1. The molecule has 9 aromatic rings. The number of fused-ring (bicyclic) bond motifs is 1. The van der Waals surface area contributed by atoms with Gasteiger partial charge in [0.2, 0.25) is 5.60 Å². The summed E-state index contributed by atoms with van der Waals surface area (Å²) in [6.45, 7) is 0.0868. The largest absolute Gasteiger partial charge is 0.448 e. The number of rotatable bonds is 19. The van der Waals surface area contributed by atoms with Gasteiger partial charge < -0.3 is 35.0 Å². The summed E-state index contributed by atoms with van der Waals surface area (Å²) < 4.78 is 12.2. The number of carbonyl (C=O) groups excluding carboxylic acids is 4. The maximum Gasteiger partial charge on any atom is 0.410 e. The van der Waals surface area contributed by atoms with Crippen molar-refractivity contribution in [3.05, 3.63) is 310 Å². The van der Waals surface area contributed by atoms with Crippen LogP contribution in [0.15, 0.2) is 264 Å². The molecule has 3 aliphatic heterocycles. The summed E-state index contributed by atoms with van der Waals surface area (Å²) in [7, 11) is 0. The summed E-state index contributed by atoms with van der Waals surface area (Å²) in [4.78, 5) is 73.8. The summed E-state index contributed by atoms with van der Waals surface area (Å²) in [6.07, 6.45) is -1.80. The molecule has 8 aromatic carbocycles. The third kappa shape index (κ3) is 11.3. The van der Waals surface area contributed by atoms with Crippen LogP contribution in [-0.4, -0.2) is 92.4 Å². The number of nitrogens with zero attached hydrogens (tertiary/aromatic N) is 4. The topological polar surface area (TPSA) is 172 Å². The van der Waals surface area contributed by atoms with Crippen molar-refractivity contribution in [1.82, 2.24) is 20.1 Å². The number of anilines is 1. The molecule has 0 spiro atoms. The van der Waals surface area contributed by atoms with Crippen LogP contribution in [0.2, 0.25) is 0 Å². The highest BCUT2D eigenvalue weighted by Gasteiger charge is 2.55. The van der Waals surface area contributed by atoms with Crippen LogP contribution in [0.3, 0.4) is 0 Å². The van der Waals surface area contributed by atoms with E-state index in [1.165, 1.54) is 32.9 Å². The van der Waals surface area contributed by atoms with Gasteiger partial charge in [0, 0.05) is 46.5 Å². The molecule has 424 valence electrons. The summed E-state index contributed by atoms with van der Waals surface area (Å²) in [5.41, 5.74) is 4.19. The molecule has 2 fully saturated rings. The van der Waals surface area contributed by atoms with E-state index in [1.807, 2.05) is 206 Å². The molecule has 2 saturated heterocycles. The number of benzene rings is 8. The number of amides is 3. The van der Waals surface area contributed by atoms with Crippen molar-refractivity contribution in [2.24, 2.45) is 5.16 Å². The number of oxime groups is 1. The highest BCUT2D eigenvalue weighted by Crippen LogP contribution is 2.45. The Morgan fingerprint density at radius 2 is 1.11 bits per heavy atom. The van der Waals surface area contributed by atoms with Crippen LogP contribution in [0.25, 0.3) is 0 Å². The monoisotopic (exact) mass is 1160 g/mol. The van der Waals surface area contributed by atoms with Crippen LogP contribution < -0.4 is 10.6 Å². The molecule has 85 heavy (non-hydrogen) atoms. The third-order valence-electron chi connectivity index (χ3n) is 15.4. The number of carbonyl (C=O) groups is 4. The Balaban J connectivity index is 0.926. The smallest absolute Gasteiger partial charge is 0.410 e. The van der Waals surface area contributed by atoms with Gasteiger partial charge in [-0.05, 0) is 34.2 Å².